The number of benzene rings is 1. The Hall–Kier alpha value is -1.94. The molecule has 1 heterocycles. The van der Waals surface area contributed by atoms with Crippen molar-refractivity contribution in [2.45, 2.75) is 13.3 Å². The van der Waals surface area contributed by atoms with Gasteiger partial charge in [0.15, 0.2) is 0 Å². The molecule has 0 aliphatic rings. The number of halogens is 1. The number of anilines is 1. The van der Waals surface area contributed by atoms with Gasteiger partial charge in [0.05, 0.1) is 12.4 Å². The maximum absolute atomic E-state index is 12.0. The Bertz CT molecular complexity index is 572. The summed E-state index contributed by atoms with van der Waals surface area (Å²) in [6, 6.07) is 7.64. The number of aryl methyl sites for hydroxylation is 1. The standard InChI is InChI=1S/C13H12ClN3O/c1-2-9-5-3-4-6-10(9)17-13(18)11-7-15-8-12(14)16-11/h3-8H,2H2,1H3,(H,17,18). The van der Waals surface area contributed by atoms with E-state index in [4.69, 9.17) is 11.6 Å². The van der Waals surface area contributed by atoms with Crippen molar-refractivity contribution >= 4 is 23.2 Å². The maximum Gasteiger partial charge on any atom is 0.275 e. The van der Waals surface area contributed by atoms with Crippen LogP contribution in [0.1, 0.15) is 23.0 Å². The monoisotopic (exact) mass is 261 g/mol. The maximum atomic E-state index is 12.0. The summed E-state index contributed by atoms with van der Waals surface area (Å²) in [5.74, 6) is -0.314. The fourth-order valence-corrected chi connectivity index (χ4v) is 1.74. The molecule has 0 unspecified atom stereocenters. The summed E-state index contributed by atoms with van der Waals surface area (Å²) in [4.78, 5) is 19.7. The number of amides is 1. The Morgan fingerprint density at radius 3 is 2.83 bits per heavy atom. The van der Waals surface area contributed by atoms with Crippen LogP contribution < -0.4 is 5.32 Å². The minimum absolute atomic E-state index is 0.200. The van der Waals surface area contributed by atoms with Crippen LogP contribution in [0, 0.1) is 0 Å². The van der Waals surface area contributed by atoms with E-state index in [1.54, 1.807) is 0 Å². The highest BCUT2D eigenvalue weighted by molar-refractivity contribution is 6.29. The molecular formula is C13H12ClN3O. The smallest absolute Gasteiger partial charge is 0.275 e. The summed E-state index contributed by atoms with van der Waals surface area (Å²) in [7, 11) is 0. The predicted molar refractivity (Wildman–Crippen MR) is 70.8 cm³/mol. The van der Waals surface area contributed by atoms with Crippen molar-refractivity contribution in [3.8, 4) is 0 Å². The topological polar surface area (TPSA) is 54.9 Å². The van der Waals surface area contributed by atoms with E-state index in [-0.39, 0.29) is 16.8 Å². The highest BCUT2D eigenvalue weighted by atomic mass is 35.5. The van der Waals surface area contributed by atoms with Gasteiger partial charge in [-0.1, -0.05) is 36.7 Å². The second-order valence-electron chi connectivity index (χ2n) is 3.69. The van der Waals surface area contributed by atoms with Gasteiger partial charge in [0.25, 0.3) is 5.91 Å². The van der Waals surface area contributed by atoms with Crippen LogP contribution >= 0.6 is 11.6 Å². The molecule has 0 saturated heterocycles. The van der Waals surface area contributed by atoms with Gasteiger partial charge in [-0.25, -0.2) is 4.98 Å². The molecule has 0 fully saturated rings. The van der Waals surface area contributed by atoms with E-state index in [1.807, 2.05) is 31.2 Å². The molecule has 5 heteroatoms. The van der Waals surface area contributed by atoms with E-state index in [0.29, 0.717) is 0 Å². The molecule has 0 aliphatic carbocycles. The van der Waals surface area contributed by atoms with Gasteiger partial charge in [0.2, 0.25) is 0 Å². The van der Waals surface area contributed by atoms with Gasteiger partial charge in [-0.05, 0) is 18.1 Å². The molecule has 0 bridgehead atoms. The van der Waals surface area contributed by atoms with Crippen LogP contribution in [0.15, 0.2) is 36.7 Å². The number of hydrogen-bond acceptors (Lipinski definition) is 3. The predicted octanol–water partition coefficient (Wildman–Crippen LogP) is 2.94. The third kappa shape index (κ3) is 2.84. The summed E-state index contributed by atoms with van der Waals surface area (Å²) in [5, 5.41) is 3.01. The highest BCUT2D eigenvalue weighted by Gasteiger charge is 2.10. The summed E-state index contributed by atoms with van der Waals surface area (Å²) in [6.07, 6.45) is 3.62. The Morgan fingerprint density at radius 1 is 1.33 bits per heavy atom. The second kappa shape index (κ2) is 5.60. The zero-order valence-corrected chi connectivity index (χ0v) is 10.6. The van der Waals surface area contributed by atoms with E-state index >= 15 is 0 Å². The van der Waals surface area contributed by atoms with Gasteiger partial charge in [-0.2, -0.15) is 0 Å². The number of para-hydroxylation sites is 1. The van der Waals surface area contributed by atoms with Gasteiger partial charge in [-0.3, -0.25) is 9.78 Å². The number of carbonyl (C=O) groups excluding carboxylic acids is 1. The van der Waals surface area contributed by atoms with Crippen molar-refractivity contribution in [2.75, 3.05) is 5.32 Å². The lowest BCUT2D eigenvalue weighted by molar-refractivity contribution is 0.102. The van der Waals surface area contributed by atoms with Crippen molar-refractivity contribution in [3.05, 3.63) is 53.1 Å². The average Bonchev–Trinajstić information content (AvgIpc) is 2.39. The van der Waals surface area contributed by atoms with Crippen LogP contribution in [0.25, 0.3) is 0 Å². The first-order valence-electron chi connectivity index (χ1n) is 5.57. The average molecular weight is 262 g/mol. The molecule has 0 atom stereocenters. The lowest BCUT2D eigenvalue weighted by Gasteiger charge is -2.08. The summed E-state index contributed by atoms with van der Waals surface area (Å²) < 4.78 is 0. The number of nitrogens with one attached hydrogen (secondary N) is 1. The molecule has 0 spiro atoms. The Balaban J connectivity index is 2.21. The molecule has 0 saturated carbocycles. The zero-order valence-electron chi connectivity index (χ0n) is 9.85. The first-order chi connectivity index (χ1) is 8.70. The Labute approximate surface area is 110 Å². The normalized spacial score (nSPS) is 10.1. The third-order valence-electron chi connectivity index (χ3n) is 2.48. The van der Waals surface area contributed by atoms with Crippen molar-refractivity contribution in [1.82, 2.24) is 9.97 Å². The molecule has 1 amide bonds. The quantitative estimate of drug-likeness (QED) is 0.924. The van der Waals surface area contributed by atoms with Crippen LogP contribution in [0.4, 0.5) is 5.69 Å². The van der Waals surface area contributed by atoms with Crippen LogP contribution in [0.5, 0.6) is 0 Å². The molecule has 0 radical (unpaired) electrons. The van der Waals surface area contributed by atoms with Gasteiger partial charge in [-0.15, -0.1) is 0 Å². The van der Waals surface area contributed by atoms with Gasteiger partial charge >= 0.3 is 0 Å². The molecule has 1 aromatic carbocycles. The van der Waals surface area contributed by atoms with Crippen LogP contribution in [0.2, 0.25) is 5.15 Å². The lowest BCUT2D eigenvalue weighted by Crippen LogP contribution is -2.15. The SMILES string of the molecule is CCc1ccccc1NC(=O)c1cncc(Cl)n1. The van der Waals surface area contributed by atoms with E-state index in [9.17, 15) is 4.79 Å². The molecule has 2 aromatic rings. The molecule has 92 valence electrons. The molecule has 2 rings (SSSR count). The number of aromatic nitrogens is 2. The zero-order chi connectivity index (χ0) is 13.0. The largest absolute Gasteiger partial charge is 0.320 e. The first-order valence-corrected chi connectivity index (χ1v) is 5.95. The van der Waals surface area contributed by atoms with Gasteiger partial charge < -0.3 is 5.32 Å². The van der Waals surface area contributed by atoms with Crippen LogP contribution in [0.3, 0.4) is 0 Å². The number of hydrogen-bond donors (Lipinski definition) is 1. The number of rotatable bonds is 3. The fraction of sp³-hybridized carbons (Fsp3) is 0.154. The van der Waals surface area contributed by atoms with Crippen molar-refractivity contribution < 1.29 is 4.79 Å². The molecule has 0 aliphatic heterocycles. The minimum atomic E-state index is -0.314. The number of nitrogens with zero attached hydrogens (tertiary/aromatic N) is 2. The van der Waals surface area contributed by atoms with E-state index in [1.165, 1.54) is 12.4 Å². The van der Waals surface area contributed by atoms with E-state index < -0.39 is 0 Å². The third-order valence-corrected chi connectivity index (χ3v) is 2.67. The van der Waals surface area contributed by atoms with Crippen molar-refractivity contribution in [1.29, 1.82) is 0 Å². The van der Waals surface area contributed by atoms with Crippen LogP contribution in [-0.4, -0.2) is 15.9 Å². The first kappa shape index (κ1) is 12.5. The molecular weight excluding hydrogens is 250 g/mol. The Morgan fingerprint density at radius 2 is 2.11 bits per heavy atom. The van der Waals surface area contributed by atoms with Gasteiger partial charge in [0, 0.05) is 5.69 Å². The van der Waals surface area contributed by atoms with E-state index in [0.717, 1.165) is 17.7 Å². The molecule has 4 nitrogen and oxygen atoms in total. The molecule has 18 heavy (non-hydrogen) atoms. The fourth-order valence-electron chi connectivity index (χ4n) is 1.59. The second-order valence-corrected chi connectivity index (χ2v) is 4.08. The Kier molecular flexibility index (Phi) is 3.89. The van der Waals surface area contributed by atoms with Gasteiger partial charge in [0.1, 0.15) is 10.8 Å². The minimum Gasteiger partial charge on any atom is -0.320 e. The summed E-state index contributed by atoms with van der Waals surface area (Å²) >= 11 is 5.70. The van der Waals surface area contributed by atoms with Crippen molar-refractivity contribution in [3.63, 3.8) is 0 Å². The highest BCUT2D eigenvalue weighted by Crippen LogP contribution is 2.16. The lowest BCUT2D eigenvalue weighted by atomic mass is 10.1. The molecule has 1 N–H and O–H groups in total. The summed E-state index contributed by atoms with van der Waals surface area (Å²) in [5.41, 5.74) is 2.06. The summed E-state index contributed by atoms with van der Waals surface area (Å²) in [6.45, 7) is 2.03. The van der Waals surface area contributed by atoms with E-state index in [2.05, 4.69) is 15.3 Å². The van der Waals surface area contributed by atoms with Crippen molar-refractivity contribution in [2.24, 2.45) is 0 Å². The number of carbonyl (C=O) groups is 1. The van der Waals surface area contributed by atoms with Crippen LogP contribution in [-0.2, 0) is 6.42 Å². The molecule has 1 aromatic heterocycles.